The van der Waals surface area contributed by atoms with E-state index in [1.165, 1.54) is 0 Å². The number of carboxylic acid groups (broad SMARTS) is 1. The molecule has 1 aromatic carbocycles. The van der Waals surface area contributed by atoms with Gasteiger partial charge in [0.1, 0.15) is 17.3 Å². The van der Waals surface area contributed by atoms with Gasteiger partial charge in [0, 0.05) is 37.9 Å². The Labute approximate surface area is 216 Å². The molecular formula is C28H34N4O5. The first-order valence-corrected chi connectivity index (χ1v) is 13.3. The van der Waals surface area contributed by atoms with E-state index in [-0.39, 0.29) is 18.6 Å². The Morgan fingerprint density at radius 1 is 0.973 bits per heavy atom. The van der Waals surface area contributed by atoms with E-state index in [1.54, 1.807) is 18.2 Å². The number of aromatic nitrogens is 1. The van der Waals surface area contributed by atoms with Crippen molar-refractivity contribution in [3.8, 4) is 5.75 Å². The number of carbonyl (C=O) groups excluding carboxylic acids is 1. The number of hydrogen-bond acceptors (Lipinski definition) is 7. The maximum Gasteiger partial charge on any atom is 0.341 e. The molecule has 1 amide bonds. The van der Waals surface area contributed by atoms with Crippen molar-refractivity contribution in [3.63, 3.8) is 0 Å². The fourth-order valence-electron chi connectivity index (χ4n) is 7.26. The van der Waals surface area contributed by atoms with Gasteiger partial charge in [-0.05, 0) is 86.3 Å². The number of aliphatic hydroxyl groups is 1. The Bertz CT molecular complexity index is 1150. The minimum Gasteiger partial charge on any atom is -0.482 e. The summed E-state index contributed by atoms with van der Waals surface area (Å²) in [5.41, 5.74) is 1.00. The van der Waals surface area contributed by atoms with Gasteiger partial charge in [0.2, 0.25) is 0 Å². The molecular weight excluding hydrogens is 472 g/mol. The first-order valence-electron chi connectivity index (χ1n) is 13.3. The van der Waals surface area contributed by atoms with Crippen LogP contribution in [0.5, 0.6) is 5.75 Å². The molecule has 9 heteroatoms. The van der Waals surface area contributed by atoms with Crippen molar-refractivity contribution in [3.05, 3.63) is 48.2 Å². The lowest BCUT2D eigenvalue weighted by Gasteiger charge is -2.58. The molecule has 2 unspecified atom stereocenters. The molecule has 3 N–H and O–H groups in total. The second kappa shape index (κ2) is 9.52. The topological polar surface area (TPSA) is 115 Å². The van der Waals surface area contributed by atoms with Crippen LogP contribution in [-0.4, -0.2) is 71.5 Å². The quantitative estimate of drug-likeness (QED) is 0.525. The zero-order valence-corrected chi connectivity index (χ0v) is 20.9. The fraction of sp³-hybridized carbons (Fsp3) is 0.536. The average Bonchev–Trinajstić information content (AvgIpc) is 2.89. The van der Waals surface area contributed by atoms with Crippen molar-refractivity contribution >= 4 is 23.4 Å². The van der Waals surface area contributed by atoms with Gasteiger partial charge in [-0.25, -0.2) is 9.78 Å². The highest BCUT2D eigenvalue weighted by Crippen LogP contribution is 2.55. The monoisotopic (exact) mass is 506 g/mol. The molecule has 0 radical (unpaired) electrons. The molecule has 5 aliphatic rings. The van der Waals surface area contributed by atoms with E-state index >= 15 is 0 Å². The van der Waals surface area contributed by atoms with Gasteiger partial charge in [0.25, 0.3) is 5.91 Å². The number of carboxylic acids is 1. The summed E-state index contributed by atoms with van der Waals surface area (Å²) in [6, 6.07) is 13.2. The number of amides is 1. The highest BCUT2D eigenvalue weighted by atomic mass is 16.5. The molecule has 4 bridgehead atoms. The van der Waals surface area contributed by atoms with Crippen LogP contribution in [-0.2, 0) is 4.79 Å². The van der Waals surface area contributed by atoms with Crippen molar-refractivity contribution < 1.29 is 24.5 Å². The standard InChI is InChI=1S/C28H34N4O5/c33-25(34)17-37-22-6-4-21(5-7-22)31-8-10-32(11-9-31)24-3-1-2-23(29-24)27(35)30-26-19-12-18-13-20(26)16-28(36,14-18)15-19/h1-7,18-20,26,36H,8-17H2,(H,30,35)(H,33,34). The van der Waals surface area contributed by atoms with Gasteiger partial charge in [-0.3, -0.25) is 4.79 Å². The Kier molecular flexibility index (Phi) is 6.18. The van der Waals surface area contributed by atoms with E-state index in [0.717, 1.165) is 69.8 Å². The zero-order chi connectivity index (χ0) is 25.6. The summed E-state index contributed by atoms with van der Waals surface area (Å²) in [5, 5.41) is 22.9. The number of aliphatic carboxylic acids is 1. The summed E-state index contributed by atoms with van der Waals surface area (Å²) >= 11 is 0. The largest absolute Gasteiger partial charge is 0.482 e. The van der Waals surface area contributed by atoms with Gasteiger partial charge in [0.15, 0.2) is 6.61 Å². The molecule has 2 aromatic rings. The Hall–Kier alpha value is -3.33. The molecule has 2 heterocycles. The molecule has 2 atom stereocenters. The lowest BCUT2D eigenvalue weighted by Crippen LogP contribution is -2.61. The number of nitrogens with zero attached hydrogens (tertiary/aromatic N) is 3. The van der Waals surface area contributed by atoms with Crippen molar-refractivity contribution in [1.82, 2.24) is 10.3 Å². The summed E-state index contributed by atoms with van der Waals surface area (Å²) in [7, 11) is 0. The molecule has 4 aliphatic carbocycles. The third-order valence-electron chi connectivity index (χ3n) is 8.67. The number of nitrogens with one attached hydrogen (secondary N) is 1. The third kappa shape index (κ3) is 4.97. The molecule has 5 fully saturated rings. The molecule has 4 saturated carbocycles. The van der Waals surface area contributed by atoms with Gasteiger partial charge in [-0.1, -0.05) is 6.07 Å². The maximum atomic E-state index is 13.2. The van der Waals surface area contributed by atoms with E-state index in [9.17, 15) is 14.7 Å². The minimum atomic E-state index is -0.997. The van der Waals surface area contributed by atoms with Crippen molar-refractivity contribution in [1.29, 1.82) is 0 Å². The van der Waals surface area contributed by atoms with Gasteiger partial charge in [-0.15, -0.1) is 0 Å². The van der Waals surface area contributed by atoms with Crippen LogP contribution in [0.15, 0.2) is 42.5 Å². The number of carbonyl (C=O) groups is 2. The van der Waals surface area contributed by atoms with Gasteiger partial charge < -0.3 is 30.1 Å². The molecule has 37 heavy (non-hydrogen) atoms. The van der Waals surface area contributed by atoms with Crippen LogP contribution >= 0.6 is 0 Å². The van der Waals surface area contributed by atoms with Crippen LogP contribution in [0.1, 0.15) is 42.6 Å². The molecule has 9 nitrogen and oxygen atoms in total. The molecule has 7 rings (SSSR count). The average molecular weight is 507 g/mol. The summed E-state index contributed by atoms with van der Waals surface area (Å²) in [4.78, 5) is 33.1. The smallest absolute Gasteiger partial charge is 0.341 e. The van der Waals surface area contributed by atoms with Gasteiger partial charge >= 0.3 is 5.97 Å². The van der Waals surface area contributed by atoms with Crippen LogP contribution in [0.3, 0.4) is 0 Å². The van der Waals surface area contributed by atoms with Crippen molar-refractivity contribution in [2.75, 3.05) is 42.6 Å². The fourth-order valence-corrected chi connectivity index (χ4v) is 7.26. The van der Waals surface area contributed by atoms with Crippen molar-refractivity contribution in [2.24, 2.45) is 17.8 Å². The van der Waals surface area contributed by atoms with Crippen molar-refractivity contribution in [2.45, 2.75) is 43.7 Å². The highest BCUT2D eigenvalue weighted by Gasteiger charge is 2.55. The highest BCUT2D eigenvalue weighted by molar-refractivity contribution is 5.93. The maximum absolute atomic E-state index is 13.2. The van der Waals surface area contributed by atoms with Gasteiger partial charge in [-0.2, -0.15) is 0 Å². The summed E-state index contributed by atoms with van der Waals surface area (Å²) in [5.74, 6) is 1.58. The number of benzene rings is 1. The first-order chi connectivity index (χ1) is 17.8. The molecule has 0 spiro atoms. The third-order valence-corrected chi connectivity index (χ3v) is 8.67. The van der Waals surface area contributed by atoms with Gasteiger partial charge in [0.05, 0.1) is 5.60 Å². The van der Waals surface area contributed by atoms with E-state index in [0.29, 0.717) is 29.2 Å². The molecule has 1 aromatic heterocycles. The van der Waals surface area contributed by atoms with E-state index in [4.69, 9.17) is 14.8 Å². The number of ether oxygens (including phenoxy) is 1. The number of anilines is 2. The van der Waals surface area contributed by atoms with Crippen LogP contribution in [0.4, 0.5) is 11.5 Å². The lowest BCUT2D eigenvalue weighted by atomic mass is 9.52. The molecule has 1 saturated heterocycles. The SMILES string of the molecule is O=C(O)COc1ccc(N2CCN(c3cccc(C(=O)NC4C5CC6CC4CC(O)(C6)C5)n3)CC2)cc1. The number of hydrogen-bond donors (Lipinski definition) is 3. The van der Waals surface area contributed by atoms with Crippen LogP contribution in [0, 0.1) is 17.8 Å². The predicted octanol–water partition coefficient (Wildman–Crippen LogP) is 2.54. The molecule has 1 aliphatic heterocycles. The number of rotatable bonds is 7. The summed E-state index contributed by atoms with van der Waals surface area (Å²) in [6.45, 7) is 2.82. The summed E-state index contributed by atoms with van der Waals surface area (Å²) in [6.07, 6.45) is 4.77. The Morgan fingerprint density at radius 3 is 2.30 bits per heavy atom. The van der Waals surface area contributed by atoms with E-state index in [1.807, 2.05) is 24.3 Å². The predicted molar refractivity (Wildman–Crippen MR) is 138 cm³/mol. The van der Waals surface area contributed by atoms with E-state index < -0.39 is 11.6 Å². The van der Waals surface area contributed by atoms with Crippen LogP contribution in [0.25, 0.3) is 0 Å². The minimum absolute atomic E-state index is 0.116. The van der Waals surface area contributed by atoms with Crippen LogP contribution in [0.2, 0.25) is 0 Å². The number of pyridine rings is 1. The lowest BCUT2D eigenvalue weighted by molar-refractivity contribution is -0.139. The van der Waals surface area contributed by atoms with E-state index in [2.05, 4.69) is 15.1 Å². The summed E-state index contributed by atoms with van der Waals surface area (Å²) < 4.78 is 5.22. The normalized spacial score (nSPS) is 30.3. The second-order valence-electron chi connectivity index (χ2n) is 11.2. The zero-order valence-electron chi connectivity index (χ0n) is 20.9. The second-order valence-corrected chi connectivity index (χ2v) is 11.2. The first kappa shape index (κ1) is 24.0. The number of piperazine rings is 1. The van der Waals surface area contributed by atoms with Crippen LogP contribution < -0.4 is 19.9 Å². The molecule has 196 valence electrons. The Balaban J connectivity index is 1.05. The Morgan fingerprint density at radius 2 is 1.65 bits per heavy atom.